The Morgan fingerprint density at radius 3 is 2.78 bits per heavy atom. The van der Waals surface area contributed by atoms with Crippen LogP contribution >= 0.6 is 22.9 Å². The number of hydrogen-bond acceptors (Lipinski definition) is 2. The minimum atomic E-state index is 0.618. The first-order valence-corrected chi connectivity index (χ1v) is 7.45. The zero-order chi connectivity index (χ0) is 12.8. The summed E-state index contributed by atoms with van der Waals surface area (Å²) in [4.78, 5) is 1.46. The molecule has 1 heterocycles. The first kappa shape index (κ1) is 13.6. The molecule has 1 N–H and O–H groups in total. The lowest BCUT2D eigenvalue weighted by Crippen LogP contribution is -2.22. The van der Waals surface area contributed by atoms with Crippen LogP contribution in [0.2, 0.25) is 5.02 Å². The predicted molar refractivity (Wildman–Crippen MR) is 80.6 cm³/mol. The Morgan fingerprint density at radius 1 is 1.22 bits per heavy atom. The molecule has 18 heavy (non-hydrogen) atoms. The van der Waals surface area contributed by atoms with E-state index in [1.807, 2.05) is 30.5 Å². The molecule has 0 radical (unpaired) electrons. The van der Waals surface area contributed by atoms with E-state index in [4.69, 9.17) is 11.6 Å². The lowest BCUT2D eigenvalue weighted by atomic mass is 9.95. The Hall–Kier alpha value is -0.830. The van der Waals surface area contributed by atoms with Gasteiger partial charge in [0.25, 0.3) is 0 Å². The zero-order valence-electron chi connectivity index (χ0n) is 10.5. The second kappa shape index (κ2) is 6.93. The van der Waals surface area contributed by atoms with Crippen molar-refractivity contribution in [1.82, 2.24) is 5.32 Å². The van der Waals surface area contributed by atoms with E-state index in [1.165, 1.54) is 10.4 Å². The van der Waals surface area contributed by atoms with Crippen molar-refractivity contribution in [3.8, 4) is 0 Å². The molecule has 1 aromatic heterocycles. The number of halogens is 1. The Balaban J connectivity index is 2.01. The van der Waals surface area contributed by atoms with Gasteiger partial charge < -0.3 is 5.32 Å². The lowest BCUT2D eigenvalue weighted by molar-refractivity contribution is 0.496. The molecule has 0 aliphatic carbocycles. The van der Waals surface area contributed by atoms with Crippen LogP contribution in [0.25, 0.3) is 0 Å². The molecular formula is C15H18ClNS. The highest BCUT2D eigenvalue weighted by Crippen LogP contribution is 2.19. The summed E-state index contributed by atoms with van der Waals surface area (Å²) in [5.41, 5.74) is 1.32. The van der Waals surface area contributed by atoms with Crippen LogP contribution in [-0.4, -0.2) is 13.6 Å². The molecule has 0 fully saturated rings. The second-order valence-electron chi connectivity index (χ2n) is 4.54. The highest BCUT2D eigenvalue weighted by atomic mass is 35.5. The average molecular weight is 280 g/mol. The molecule has 96 valence electrons. The summed E-state index contributed by atoms with van der Waals surface area (Å²) < 4.78 is 0. The third kappa shape index (κ3) is 4.13. The molecule has 0 saturated heterocycles. The van der Waals surface area contributed by atoms with Crippen molar-refractivity contribution in [3.63, 3.8) is 0 Å². The van der Waals surface area contributed by atoms with Crippen LogP contribution in [0, 0.1) is 5.92 Å². The molecule has 2 rings (SSSR count). The maximum Gasteiger partial charge on any atom is 0.0408 e. The van der Waals surface area contributed by atoms with Crippen molar-refractivity contribution < 1.29 is 0 Å². The first-order chi connectivity index (χ1) is 8.78. The highest BCUT2D eigenvalue weighted by Gasteiger charge is 2.11. The van der Waals surface area contributed by atoms with Crippen LogP contribution < -0.4 is 5.32 Å². The lowest BCUT2D eigenvalue weighted by Gasteiger charge is -2.16. The van der Waals surface area contributed by atoms with Crippen LogP contribution in [0.1, 0.15) is 10.4 Å². The van der Waals surface area contributed by atoms with Crippen molar-refractivity contribution in [2.75, 3.05) is 13.6 Å². The third-order valence-electron chi connectivity index (χ3n) is 2.98. The topological polar surface area (TPSA) is 12.0 Å². The van der Waals surface area contributed by atoms with Crippen molar-refractivity contribution in [3.05, 3.63) is 57.2 Å². The molecule has 2 aromatic rings. The van der Waals surface area contributed by atoms with Gasteiger partial charge in [0, 0.05) is 9.90 Å². The summed E-state index contributed by atoms with van der Waals surface area (Å²) in [6, 6.07) is 12.5. The van der Waals surface area contributed by atoms with E-state index < -0.39 is 0 Å². The predicted octanol–water partition coefficient (Wildman–Crippen LogP) is 4.02. The van der Waals surface area contributed by atoms with E-state index in [0.29, 0.717) is 5.92 Å². The number of nitrogens with one attached hydrogen (secondary N) is 1. The van der Waals surface area contributed by atoms with Gasteiger partial charge in [-0.3, -0.25) is 0 Å². The second-order valence-corrected chi connectivity index (χ2v) is 6.01. The van der Waals surface area contributed by atoms with Gasteiger partial charge in [-0.25, -0.2) is 0 Å². The van der Waals surface area contributed by atoms with Crippen molar-refractivity contribution in [2.45, 2.75) is 12.8 Å². The Bertz CT molecular complexity index is 467. The fraction of sp³-hybridized carbons (Fsp3) is 0.333. The van der Waals surface area contributed by atoms with Gasteiger partial charge in [-0.05, 0) is 61.5 Å². The van der Waals surface area contributed by atoms with Gasteiger partial charge in [-0.2, -0.15) is 0 Å². The average Bonchev–Trinajstić information content (AvgIpc) is 2.82. The maximum atomic E-state index is 6.03. The highest BCUT2D eigenvalue weighted by molar-refractivity contribution is 7.09. The quantitative estimate of drug-likeness (QED) is 0.842. The molecular weight excluding hydrogens is 262 g/mol. The molecule has 0 aliphatic heterocycles. The summed E-state index contributed by atoms with van der Waals surface area (Å²) in [6.07, 6.45) is 2.20. The number of hydrogen-bond donors (Lipinski definition) is 1. The van der Waals surface area contributed by atoms with Crippen LogP contribution in [0.15, 0.2) is 41.8 Å². The minimum Gasteiger partial charge on any atom is -0.319 e. The van der Waals surface area contributed by atoms with E-state index in [-0.39, 0.29) is 0 Å². The van der Waals surface area contributed by atoms with Gasteiger partial charge in [-0.15, -0.1) is 11.3 Å². The van der Waals surface area contributed by atoms with Crippen LogP contribution in [0.3, 0.4) is 0 Å². The van der Waals surface area contributed by atoms with E-state index in [9.17, 15) is 0 Å². The molecule has 0 spiro atoms. The largest absolute Gasteiger partial charge is 0.319 e. The third-order valence-corrected chi connectivity index (χ3v) is 4.11. The summed E-state index contributed by atoms with van der Waals surface area (Å²) >= 11 is 7.87. The Kier molecular flexibility index (Phi) is 5.24. The van der Waals surface area contributed by atoms with E-state index in [2.05, 4.69) is 35.0 Å². The monoisotopic (exact) mass is 279 g/mol. The van der Waals surface area contributed by atoms with Gasteiger partial charge in [0.2, 0.25) is 0 Å². The number of benzene rings is 1. The summed E-state index contributed by atoms with van der Waals surface area (Å²) in [5.74, 6) is 0.618. The Morgan fingerprint density at radius 2 is 2.11 bits per heavy atom. The van der Waals surface area contributed by atoms with Gasteiger partial charge in [0.05, 0.1) is 0 Å². The summed E-state index contributed by atoms with van der Waals surface area (Å²) in [5, 5.41) is 6.26. The van der Waals surface area contributed by atoms with Crippen LogP contribution in [-0.2, 0) is 12.8 Å². The number of thiophene rings is 1. The van der Waals surface area contributed by atoms with Crippen LogP contribution in [0.4, 0.5) is 0 Å². The van der Waals surface area contributed by atoms with Gasteiger partial charge in [0.1, 0.15) is 0 Å². The summed E-state index contributed by atoms with van der Waals surface area (Å²) in [7, 11) is 2.01. The van der Waals surface area contributed by atoms with Gasteiger partial charge >= 0.3 is 0 Å². The Labute approximate surface area is 118 Å². The van der Waals surface area contributed by atoms with Crippen molar-refractivity contribution >= 4 is 22.9 Å². The van der Waals surface area contributed by atoms with E-state index in [1.54, 1.807) is 0 Å². The molecule has 1 nitrogen and oxygen atoms in total. The fourth-order valence-electron chi connectivity index (χ4n) is 2.22. The maximum absolute atomic E-state index is 6.03. The first-order valence-electron chi connectivity index (χ1n) is 6.19. The SMILES string of the molecule is CNCC(Cc1cccc(Cl)c1)Cc1cccs1. The van der Waals surface area contributed by atoms with Crippen LogP contribution in [0.5, 0.6) is 0 Å². The molecule has 0 saturated carbocycles. The number of rotatable bonds is 6. The fourth-order valence-corrected chi connectivity index (χ4v) is 3.25. The van der Waals surface area contributed by atoms with Crippen molar-refractivity contribution in [1.29, 1.82) is 0 Å². The smallest absolute Gasteiger partial charge is 0.0408 e. The van der Waals surface area contributed by atoms with Gasteiger partial charge in [-0.1, -0.05) is 29.8 Å². The zero-order valence-corrected chi connectivity index (χ0v) is 12.1. The standard InChI is InChI=1S/C15H18ClNS/c1-17-11-13(10-15-6-3-7-18-15)8-12-4-2-5-14(16)9-12/h2-7,9,13,17H,8,10-11H2,1H3. The normalized spacial score (nSPS) is 12.6. The molecule has 1 atom stereocenters. The van der Waals surface area contributed by atoms with E-state index in [0.717, 1.165) is 24.4 Å². The summed E-state index contributed by atoms with van der Waals surface area (Å²) in [6.45, 7) is 1.03. The van der Waals surface area contributed by atoms with E-state index >= 15 is 0 Å². The molecule has 0 amide bonds. The molecule has 0 bridgehead atoms. The minimum absolute atomic E-state index is 0.618. The van der Waals surface area contributed by atoms with Gasteiger partial charge in [0.15, 0.2) is 0 Å². The molecule has 3 heteroatoms. The molecule has 1 unspecified atom stereocenters. The molecule has 0 aliphatic rings. The van der Waals surface area contributed by atoms with Crippen molar-refractivity contribution in [2.24, 2.45) is 5.92 Å². The molecule has 1 aromatic carbocycles.